The summed E-state index contributed by atoms with van der Waals surface area (Å²) < 4.78 is 13.9. The van der Waals surface area contributed by atoms with Crippen molar-refractivity contribution in [1.29, 1.82) is 10.5 Å². The lowest BCUT2D eigenvalue weighted by Crippen LogP contribution is -2.16. The number of rotatable bonds is 8. The number of nitrogens with zero attached hydrogens (tertiary/aromatic N) is 6. The Morgan fingerprint density at radius 3 is 1.01 bits per heavy atom. The predicted octanol–water partition coefficient (Wildman–Crippen LogP) is 26.4. The van der Waals surface area contributed by atoms with Crippen LogP contribution < -0.4 is 0 Å². The van der Waals surface area contributed by atoms with Crippen LogP contribution >= 0.6 is 22.7 Å². The Bertz CT molecular complexity index is 7470. The number of hydrogen-bond donors (Lipinski definition) is 0. The highest BCUT2D eigenvalue weighted by Gasteiger charge is 2.37. The molecule has 104 heavy (non-hydrogen) atoms. The topological polar surface area (TPSA) is 67.3 Å². The van der Waals surface area contributed by atoms with Crippen molar-refractivity contribution in [2.75, 3.05) is 0 Å². The fourth-order valence-corrected chi connectivity index (χ4v) is 20.2. The lowest BCUT2D eigenvalue weighted by molar-refractivity contribution is 1.03. The van der Waals surface area contributed by atoms with Gasteiger partial charge in [-0.05, 0) is 104 Å². The van der Waals surface area contributed by atoms with Crippen LogP contribution in [0.15, 0.2) is 328 Å². The molecule has 0 saturated heterocycles. The molecule has 0 unspecified atom stereocenters. The fraction of sp³-hybridized carbons (Fsp3) is 0. The quantitative estimate of drug-likeness (QED) is 0.152. The molecule has 0 atom stereocenters. The number of para-hydroxylation sites is 4. The maximum absolute atomic E-state index is 13.7. The van der Waals surface area contributed by atoms with Crippen molar-refractivity contribution in [3.8, 4) is 79.4 Å². The lowest BCUT2D eigenvalue weighted by Gasteiger charge is -2.27. The van der Waals surface area contributed by atoms with Gasteiger partial charge in [0.15, 0.2) is 0 Å². The molecular weight excluding hydrogens is 1300 g/mol. The van der Waals surface area contributed by atoms with Crippen molar-refractivity contribution in [2.45, 2.75) is 0 Å². The average Bonchev–Trinajstić information content (AvgIpc) is 1.49. The van der Waals surface area contributed by atoms with Crippen LogP contribution in [0.3, 0.4) is 0 Å². The molecular formula is C96H54N6S2. The Kier molecular flexibility index (Phi) is 12.6. The zero-order valence-electron chi connectivity index (χ0n) is 55.7. The van der Waals surface area contributed by atoms with E-state index in [1.165, 1.54) is 10.8 Å². The maximum Gasteiger partial charge on any atom is 0.104 e. The van der Waals surface area contributed by atoms with Crippen LogP contribution in [0.1, 0.15) is 11.1 Å². The van der Waals surface area contributed by atoms with Crippen molar-refractivity contribution in [3.05, 3.63) is 339 Å². The smallest absolute Gasteiger partial charge is 0.104 e. The van der Waals surface area contributed by atoms with Gasteiger partial charge in [0.05, 0.1) is 76.3 Å². The summed E-state index contributed by atoms with van der Waals surface area (Å²) in [5.41, 5.74) is 19.2. The second kappa shape index (κ2) is 22.5. The van der Waals surface area contributed by atoms with E-state index in [1.54, 1.807) is 22.7 Å². The first-order chi connectivity index (χ1) is 51.6. The monoisotopic (exact) mass is 1350 g/mol. The van der Waals surface area contributed by atoms with E-state index in [4.69, 9.17) is 0 Å². The predicted molar refractivity (Wildman–Crippen MR) is 438 cm³/mol. The maximum atomic E-state index is 13.7. The summed E-state index contributed by atoms with van der Waals surface area (Å²) in [4.78, 5) is 0. The molecule has 16 aromatic carbocycles. The molecule has 0 N–H and O–H groups in total. The second-order valence-corrected chi connectivity index (χ2v) is 29.1. The van der Waals surface area contributed by atoms with Gasteiger partial charge >= 0.3 is 0 Å². The van der Waals surface area contributed by atoms with E-state index in [0.717, 1.165) is 172 Å². The minimum Gasteiger partial charge on any atom is -0.306 e. The summed E-state index contributed by atoms with van der Waals surface area (Å²) in [6, 6.07) is 124. The van der Waals surface area contributed by atoms with Crippen LogP contribution in [-0.2, 0) is 0 Å². The van der Waals surface area contributed by atoms with Crippen LogP contribution in [-0.4, -0.2) is 18.3 Å². The number of nitriles is 2. The molecule has 22 aromatic rings. The van der Waals surface area contributed by atoms with Gasteiger partial charge in [-0.25, -0.2) is 0 Å². The molecule has 6 nitrogen and oxygen atoms in total. The number of thiophene rings is 2. The van der Waals surface area contributed by atoms with Gasteiger partial charge < -0.3 is 18.3 Å². The third kappa shape index (κ3) is 8.06. The highest BCUT2D eigenvalue weighted by atomic mass is 32.1. The van der Waals surface area contributed by atoms with Gasteiger partial charge in [-0.2, -0.15) is 10.5 Å². The molecule has 6 heterocycles. The standard InChI is InChI=1S/C96H54N6S2/c97-55-77-90(100-81-45-18-12-36-67(81)68-37-13-19-46-82(68)100)92(102-84-48-24-42-72(64-33-9-8-32-63(64)61-40-22-28-58-27-4-5-29-59(58)61)88(84)76-54-52-74-70-39-15-21-50-86(70)104-96(74)94(76)102)78(56-98)89(99-79-43-16-10-34-65(79)66-35-11-17-44-80(66)99)91(77)101-83-47-23-41-71(62-31-7-6-30-60(62)57-25-2-1-3-26-57)87(83)75-53-51-73-69-38-14-20-49-85(69)103-95(73)93(75)101/h1-54H. The van der Waals surface area contributed by atoms with Gasteiger partial charge in [-0.15, -0.1) is 22.7 Å². The molecule has 0 spiro atoms. The van der Waals surface area contributed by atoms with Crippen LogP contribution in [0, 0.1) is 22.7 Å². The Hall–Kier alpha value is -13.6. The molecule has 0 aliphatic carbocycles. The number of benzene rings is 16. The van der Waals surface area contributed by atoms with Crippen LogP contribution in [0.25, 0.3) is 206 Å². The van der Waals surface area contributed by atoms with Gasteiger partial charge in [0.1, 0.15) is 23.3 Å². The molecule has 0 bridgehead atoms. The van der Waals surface area contributed by atoms with Crippen molar-refractivity contribution in [2.24, 2.45) is 0 Å². The van der Waals surface area contributed by atoms with Gasteiger partial charge in [0, 0.05) is 74.0 Å². The highest BCUT2D eigenvalue weighted by molar-refractivity contribution is 7.27. The first-order valence-electron chi connectivity index (χ1n) is 35.1. The zero-order chi connectivity index (χ0) is 68.4. The zero-order valence-corrected chi connectivity index (χ0v) is 57.3. The van der Waals surface area contributed by atoms with Gasteiger partial charge in [-0.1, -0.05) is 279 Å². The minimum absolute atomic E-state index is 0.393. The van der Waals surface area contributed by atoms with E-state index < -0.39 is 0 Å². The first kappa shape index (κ1) is 58.2. The fourth-order valence-electron chi connectivity index (χ4n) is 17.7. The van der Waals surface area contributed by atoms with Crippen molar-refractivity contribution >= 4 is 161 Å². The highest BCUT2D eigenvalue weighted by Crippen LogP contribution is 2.55. The third-order valence-corrected chi connectivity index (χ3v) is 24.3. The normalized spacial score (nSPS) is 12.0. The van der Waals surface area contributed by atoms with E-state index in [1.807, 2.05) is 0 Å². The van der Waals surface area contributed by atoms with Crippen molar-refractivity contribution < 1.29 is 0 Å². The third-order valence-electron chi connectivity index (χ3n) is 21.9. The first-order valence-corrected chi connectivity index (χ1v) is 36.7. The van der Waals surface area contributed by atoms with Gasteiger partial charge in [0.2, 0.25) is 0 Å². The molecule has 22 rings (SSSR count). The summed E-state index contributed by atoms with van der Waals surface area (Å²) >= 11 is 3.55. The van der Waals surface area contributed by atoms with E-state index in [9.17, 15) is 10.5 Å². The summed E-state index contributed by atoms with van der Waals surface area (Å²) in [6.07, 6.45) is 0. The Morgan fingerprint density at radius 2 is 0.538 bits per heavy atom. The molecule has 0 fully saturated rings. The molecule has 0 radical (unpaired) electrons. The van der Waals surface area contributed by atoms with Crippen molar-refractivity contribution in [1.82, 2.24) is 18.3 Å². The summed E-state index contributed by atoms with van der Waals surface area (Å²) in [5.74, 6) is 0. The summed E-state index contributed by atoms with van der Waals surface area (Å²) in [5, 5.41) is 42.4. The molecule has 0 saturated carbocycles. The molecule has 8 heteroatoms. The largest absolute Gasteiger partial charge is 0.306 e. The van der Waals surface area contributed by atoms with E-state index in [2.05, 4.69) is 358 Å². The minimum atomic E-state index is 0.393. The Balaban J connectivity index is 1.01. The SMILES string of the molecule is N#Cc1c(-n2c3ccccc3c3ccccc32)c(-n2c3cccc(-c4ccccc4-c4cccc5ccccc45)c3c3ccc4c5ccccc5sc4c32)c(C#N)c(-n2c3ccccc3c3ccccc32)c1-n1c2cccc(-c3ccccc3-c3ccccc3)c2c2ccc3c4ccccc4sc3c21. The molecule has 0 amide bonds. The van der Waals surface area contributed by atoms with Gasteiger partial charge in [-0.3, -0.25) is 0 Å². The number of hydrogen-bond acceptors (Lipinski definition) is 4. The van der Waals surface area contributed by atoms with Crippen LogP contribution in [0.2, 0.25) is 0 Å². The molecule has 0 aliphatic heterocycles. The van der Waals surface area contributed by atoms with E-state index >= 15 is 0 Å². The second-order valence-electron chi connectivity index (χ2n) is 27.0. The molecule has 6 aromatic heterocycles. The molecule has 0 aliphatic rings. The number of aromatic nitrogens is 4. The summed E-state index contributed by atoms with van der Waals surface area (Å²) in [6.45, 7) is 0. The average molecular weight is 1360 g/mol. The van der Waals surface area contributed by atoms with Crippen LogP contribution in [0.4, 0.5) is 0 Å². The van der Waals surface area contributed by atoms with E-state index in [0.29, 0.717) is 33.9 Å². The van der Waals surface area contributed by atoms with Gasteiger partial charge in [0.25, 0.3) is 0 Å². The Morgan fingerprint density at radius 1 is 0.221 bits per heavy atom. The Labute approximate surface area is 603 Å². The van der Waals surface area contributed by atoms with Crippen LogP contribution in [0.5, 0.6) is 0 Å². The lowest BCUT2D eigenvalue weighted by atomic mass is 9.89. The summed E-state index contributed by atoms with van der Waals surface area (Å²) in [7, 11) is 0. The van der Waals surface area contributed by atoms with Crippen molar-refractivity contribution in [3.63, 3.8) is 0 Å². The van der Waals surface area contributed by atoms with E-state index in [-0.39, 0.29) is 0 Å². The molecule has 480 valence electrons. The number of fused-ring (bicyclic) bond motifs is 21.